The van der Waals surface area contributed by atoms with Gasteiger partial charge < -0.3 is 10.4 Å². The summed E-state index contributed by atoms with van der Waals surface area (Å²) in [6.07, 6.45) is 2.25. The normalized spacial score (nSPS) is 11.8. The van der Waals surface area contributed by atoms with Gasteiger partial charge in [-0.3, -0.25) is 0 Å². The summed E-state index contributed by atoms with van der Waals surface area (Å²) < 4.78 is 2.26. The number of aromatic nitrogens is 1. The fraction of sp³-hybridized carbons (Fsp3) is 0.211. The Bertz CT molecular complexity index is 817. The highest BCUT2D eigenvalue weighted by Gasteiger charge is 2.16. The van der Waals surface area contributed by atoms with Crippen molar-refractivity contribution in [3.63, 3.8) is 0 Å². The second-order valence-corrected chi connectivity index (χ2v) is 6.41. The Morgan fingerprint density at radius 1 is 0.957 bits per heavy atom. The number of rotatable bonds is 5. The largest absolute Gasteiger partial charge is 0.320 e. The average molecular weight is 323 g/mol. The minimum absolute atomic E-state index is 0.871. The third-order valence-corrected chi connectivity index (χ3v) is 4.98. The van der Waals surface area contributed by atoms with Gasteiger partial charge in [-0.05, 0) is 17.5 Å². The summed E-state index contributed by atoms with van der Waals surface area (Å²) >= 11 is 1.66. The van der Waals surface area contributed by atoms with Gasteiger partial charge in [0.2, 0.25) is 4.80 Å². The zero-order valence-corrected chi connectivity index (χ0v) is 14.1. The third kappa shape index (κ3) is 3.22. The number of unbranched alkanes of at least 4 members (excludes halogenated alkanes) is 1. The topological polar surface area (TPSA) is 43.3 Å². The van der Waals surface area contributed by atoms with Crippen molar-refractivity contribution in [3.05, 3.63) is 65.5 Å². The van der Waals surface area contributed by atoms with Gasteiger partial charge in [0.05, 0.1) is 10.6 Å². The fourth-order valence-electron chi connectivity index (χ4n) is 2.70. The predicted molar refractivity (Wildman–Crippen MR) is 97.8 cm³/mol. The van der Waals surface area contributed by atoms with E-state index >= 15 is 0 Å². The first-order valence-electron chi connectivity index (χ1n) is 7.93. The van der Waals surface area contributed by atoms with E-state index in [0.717, 1.165) is 24.2 Å². The molecule has 0 saturated carbocycles. The zero-order valence-electron chi connectivity index (χ0n) is 13.3. The lowest BCUT2D eigenvalue weighted by Crippen LogP contribution is -2.17. The number of benzene rings is 2. The molecule has 0 aliphatic rings. The molecular weight excluding hydrogens is 302 g/mol. The van der Waals surface area contributed by atoms with E-state index in [1.165, 1.54) is 21.7 Å². The quantitative estimate of drug-likeness (QED) is 0.547. The minimum Gasteiger partial charge on any atom is -0.320 e. The highest BCUT2D eigenvalue weighted by atomic mass is 32.1. The van der Waals surface area contributed by atoms with Crippen LogP contribution in [0.3, 0.4) is 0 Å². The first-order chi connectivity index (χ1) is 11.3. The maximum absolute atomic E-state index is 5.68. The molecule has 0 fully saturated rings. The van der Waals surface area contributed by atoms with Gasteiger partial charge in [0.25, 0.3) is 0 Å². The second kappa shape index (κ2) is 7.29. The van der Waals surface area contributed by atoms with E-state index in [0.29, 0.717) is 0 Å². The Kier molecular flexibility index (Phi) is 4.93. The van der Waals surface area contributed by atoms with Gasteiger partial charge in [0, 0.05) is 6.54 Å². The van der Waals surface area contributed by atoms with Crippen molar-refractivity contribution in [1.82, 2.24) is 4.57 Å². The molecule has 3 nitrogen and oxygen atoms in total. The van der Waals surface area contributed by atoms with Crippen molar-refractivity contribution in [2.45, 2.75) is 26.3 Å². The summed E-state index contributed by atoms with van der Waals surface area (Å²) in [5.41, 5.74) is 3.62. The molecule has 0 atom stereocenters. The van der Waals surface area contributed by atoms with E-state index in [1.54, 1.807) is 11.3 Å². The zero-order chi connectivity index (χ0) is 16.1. The molecule has 1 heterocycles. The lowest BCUT2D eigenvalue weighted by Gasteiger charge is -2.11. The smallest absolute Gasteiger partial charge is 0.208 e. The summed E-state index contributed by atoms with van der Waals surface area (Å²) in [6, 6.07) is 21.0. The monoisotopic (exact) mass is 323 g/mol. The molecule has 0 radical (unpaired) electrons. The number of hydrogen-bond acceptors (Lipinski definition) is 3. The molecule has 0 bridgehead atoms. The number of nitrogens with two attached hydrogens (primary N) is 1. The summed E-state index contributed by atoms with van der Waals surface area (Å²) in [7, 11) is 0. The van der Waals surface area contributed by atoms with Crippen molar-refractivity contribution in [2.24, 2.45) is 10.9 Å². The van der Waals surface area contributed by atoms with Crippen LogP contribution >= 0.6 is 11.3 Å². The Labute approximate surface area is 140 Å². The van der Waals surface area contributed by atoms with Crippen LogP contribution in [-0.2, 0) is 6.54 Å². The molecule has 3 aromatic rings. The molecule has 2 N–H and O–H groups in total. The summed E-state index contributed by atoms with van der Waals surface area (Å²) in [5.74, 6) is 5.68. The van der Waals surface area contributed by atoms with Crippen molar-refractivity contribution >= 4 is 11.3 Å². The molecule has 118 valence electrons. The molecule has 2 aromatic carbocycles. The average Bonchev–Trinajstić information content (AvgIpc) is 3.00. The Morgan fingerprint density at radius 2 is 1.57 bits per heavy atom. The van der Waals surface area contributed by atoms with Gasteiger partial charge >= 0.3 is 0 Å². The van der Waals surface area contributed by atoms with Gasteiger partial charge in [0.15, 0.2) is 0 Å². The lowest BCUT2D eigenvalue weighted by molar-refractivity contribution is 0.621. The van der Waals surface area contributed by atoms with Crippen molar-refractivity contribution in [3.8, 4) is 21.7 Å². The summed E-state index contributed by atoms with van der Waals surface area (Å²) in [4.78, 5) is 2.09. The number of thiazole rings is 1. The third-order valence-electron chi connectivity index (χ3n) is 3.84. The molecule has 4 heteroatoms. The molecule has 0 aliphatic carbocycles. The molecule has 0 spiro atoms. The first-order valence-corrected chi connectivity index (χ1v) is 8.75. The van der Waals surface area contributed by atoms with E-state index in [-0.39, 0.29) is 0 Å². The van der Waals surface area contributed by atoms with Crippen LogP contribution in [-0.4, -0.2) is 4.57 Å². The second-order valence-electron chi connectivity index (χ2n) is 5.43. The lowest BCUT2D eigenvalue weighted by atomic mass is 10.1. The molecular formula is C19H21N3S. The fourth-order valence-corrected chi connectivity index (χ4v) is 3.81. The van der Waals surface area contributed by atoms with Gasteiger partial charge in [-0.2, -0.15) is 5.10 Å². The van der Waals surface area contributed by atoms with E-state index in [2.05, 4.69) is 65.1 Å². The molecule has 1 aromatic heterocycles. The van der Waals surface area contributed by atoms with Crippen molar-refractivity contribution < 1.29 is 0 Å². The van der Waals surface area contributed by atoms with Gasteiger partial charge in [0.1, 0.15) is 0 Å². The van der Waals surface area contributed by atoms with Crippen LogP contribution in [0.4, 0.5) is 0 Å². The Balaban J connectivity index is 2.26. The van der Waals surface area contributed by atoms with Crippen LogP contribution in [0.2, 0.25) is 0 Å². The minimum atomic E-state index is 0.871. The Morgan fingerprint density at radius 3 is 2.13 bits per heavy atom. The van der Waals surface area contributed by atoms with Gasteiger partial charge in [-0.15, -0.1) is 0 Å². The van der Waals surface area contributed by atoms with Crippen LogP contribution in [0, 0.1) is 0 Å². The maximum atomic E-state index is 5.68. The number of hydrogen-bond donors (Lipinski definition) is 1. The van der Waals surface area contributed by atoms with Crippen molar-refractivity contribution in [1.29, 1.82) is 0 Å². The highest BCUT2D eigenvalue weighted by molar-refractivity contribution is 7.13. The van der Waals surface area contributed by atoms with Crippen molar-refractivity contribution in [2.75, 3.05) is 0 Å². The standard InChI is InChI=1S/C19H21N3S/c1-2-3-14-22-17(15-10-6-4-7-11-15)18(23-19(22)21-20)16-12-8-5-9-13-16/h4-13H,2-3,14,20H2,1H3/b21-19+. The number of nitrogens with zero attached hydrogens (tertiary/aromatic N) is 2. The van der Waals surface area contributed by atoms with E-state index < -0.39 is 0 Å². The summed E-state index contributed by atoms with van der Waals surface area (Å²) in [6.45, 7) is 3.13. The van der Waals surface area contributed by atoms with Gasteiger partial charge in [-0.25, -0.2) is 0 Å². The molecule has 0 saturated heterocycles. The van der Waals surface area contributed by atoms with E-state index in [9.17, 15) is 0 Å². The SMILES string of the molecule is CCCCn1c(-c2ccccc2)c(-c2ccccc2)s/c1=N/N. The van der Waals surface area contributed by atoms with Crippen LogP contribution in [0.5, 0.6) is 0 Å². The molecule has 23 heavy (non-hydrogen) atoms. The van der Waals surface area contributed by atoms with E-state index in [1.807, 2.05) is 12.1 Å². The maximum Gasteiger partial charge on any atom is 0.208 e. The van der Waals surface area contributed by atoms with Crippen LogP contribution < -0.4 is 10.6 Å². The highest BCUT2D eigenvalue weighted by Crippen LogP contribution is 2.34. The predicted octanol–water partition coefficient (Wildman–Crippen LogP) is 4.46. The molecule has 0 unspecified atom stereocenters. The molecule has 0 aliphatic heterocycles. The van der Waals surface area contributed by atoms with Crippen LogP contribution in [0.25, 0.3) is 21.7 Å². The van der Waals surface area contributed by atoms with E-state index in [4.69, 9.17) is 5.84 Å². The molecule has 0 amide bonds. The Hall–Kier alpha value is -2.33. The van der Waals surface area contributed by atoms with Gasteiger partial charge in [-0.1, -0.05) is 85.3 Å². The summed E-state index contributed by atoms with van der Waals surface area (Å²) in [5, 5.41) is 4.04. The van der Waals surface area contributed by atoms with Crippen LogP contribution in [0.15, 0.2) is 65.8 Å². The first kappa shape index (κ1) is 15.6. The molecule has 3 rings (SSSR count). The van der Waals surface area contributed by atoms with Crippen LogP contribution in [0.1, 0.15) is 19.8 Å².